The van der Waals surface area contributed by atoms with E-state index in [1.807, 2.05) is 0 Å². The number of halogens is 2. The summed E-state index contributed by atoms with van der Waals surface area (Å²) in [6.07, 6.45) is -0.433. The number of rotatable bonds is 4. The van der Waals surface area contributed by atoms with Crippen molar-refractivity contribution in [1.82, 2.24) is 15.0 Å². The number of fused-ring (bicyclic) bond motifs is 2. The topological polar surface area (TPSA) is 62.4 Å². The van der Waals surface area contributed by atoms with Gasteiger partial charge in [0.05, 0.1) is 6.42 Å². The Morgan fingerprint density at radius 3 is 2.60 bits per heavy atom. The monoisotopic (exact) mass is 287 g/mol. The van der Waals surface area contributed by atoms with E-state index in [-0.39, 0.29) is 18.2 Å². The summed E-state index contributed by atoms with van der Waals surface area (Å²) in [5.74, 6) is 0.940. The van der Waals surface area contributed by atoms with Crippen LogP contribution in [0.15, 0.2) is 4.52 Å². The second-order valence-corrected chi connectivity index (χ2v) is 5.87. The highest BCUT2D eigenvalue weighted by atomic mass is 19.3. The van der Waals surface area contributed by atoms with E-state index in [9.17, 15) is 8.78 Å². The van der Waals surface area contributed by atoms with Crippen molar-refractivity contribution >= 4 is 0 Å². The van der Waals surface area contributed by atoms with E-state index in [0.29, 0.717) is 17.9 Å². The molecule has 2 aliphatic heterocycles. The molecule has 1 N–H and O–H groups in total. The van der Waals surface area contributed by atoms with Crippen molar-refractivity contribution in [3.05, 3.63) is 11.7 Å². The molecule has 0 aliphatic carbocycles. The Labute approximate surface area is 116 Å². The van der Waals surface area contributed by atoms with Crippen LogP contribution in [0.3, 0.4) is 0 Å². The van der Waals surface area contributed by atoms with E-state index in [0.717, 1.165) is 12.8 Å². The van der Waals surface area contributed by atoms with Crippen molar-refractivity contribution in [2.75, 3.05) is 7.05 Å². The van der Waals surface area contributed by atoms with Gasteiger partial charge < -0.3 is 14.5 Å². The first-order chi connectivity index (χ1) is 9.54. The number of hydrogen-bond donors (Lipinski definition) is 1. The van der Waals surface area contributed by atoms with Crippen LogP contribution in [-0.4, -0.2) is 51.8 Å². The van der Waals surface area contributed by atoms with Gasteiger partial charge in [-0.05, 0) is 32.7 Å². The maximum atomic E-state index is 12.3. The Kier molecular flexibility index (Phi) is 3.72. The van der Waals surface area contributed by atoms with Crippen LogP contribution in [0.25, 0.3) is 0 Å². The molecule has 3 unspecified atom stereocenters. The van der Waals surface area contributed by atoms with Crippen molar-refractivity contribution in [1.29, 1.82) is 0 Å². The molecule has 3 rings (SSSR count). The molecule has 0 aromatic carbocycles. The Morgan fingerprint density at radius 2 is 2.00 bits per heavy atom. The molecule has 0 radical (unpaired) electrons. The molecule has 1 aromatic rings. The molecule has 20 heavy (non-hydrogen) atoms. The molecule has 2 fully saturated rings. The summed E-state index contributed by atoms with van der Waals surface area (Å²) in [4.78, 5) is 6.60. The quantitative estimate of drug-likeness (QED) is 0.911. The van der Waals surface area contributed by atoms with Crippen LogP contribution in [-0.2, 0) is 6.42 Å². The summed E-state index contributed by atoms with van der Waals surface area (Å²) in [6.45, 7) is 0. The summed E-state index contributed by atoms with van der Waals surface area (Å²) in [5.41, 5.74) is 0. The third kappa shape index (κ3) is 2.56. The van der Waals surface area contributed by atoms with Gasteiger partial charge in [-0.2, -0.15) is 4.98 Å². The predicted molar refractivity (Wildman–Crippen MR) is 66.6 cm³/mol. The Bertz CT molecular complexity index is 454. The maximum absolute atomic E-state index is 12.3. The molecular weight excluding hydrogens is 268 g/mol. The number of nitrogens with zero attached hydrogens (tertiary/aromatic N) is 3. The van der Waals surface area contributed by atoms with Crippen LogP contribution >= 0.6 is 0 Å². The summed E-state index contributed by atoms with van der Waals surface area (Å²) in [5, 5.41) is 13.1. The Hall–Kier alpha value is -1.08. The fourth-order valence-corrected chi connectivity index (χ4v) is 3.41. The van der Waals surface area contributed by atoms with E-state index in [1.165, 1.54) is 12.8 Å². The van der Waals surface area contributed by atoms with Gasteiger partial charge >= 0.3 is 0 Å². The first kappa shape index (κ1) is 13.9. The molecule has 0 spiro atoms. The van der Waals surface area contributed by atoms with E-state index in [4.69, 9.17) is 9.63 Å². The lowest BCUT2D eigenvalue weighted by molar-refractivity contribution is -0.00754. The highest BCUT2D eigenvalue weighted by Crippen LogP contribution is 2.41. The van der Waals surface area contributed by atoms with Gasteiger partial charge in [0.2, 0.25) is 5.89 Å². The standard InChI is InChI=1S/C13H19F2N3O2/c1-18-8-2-3-9(18)5-7(4-8)13-16-11(20-17-13)6-10(19)12(14)15/h7-10,12,19H,2-6H2,1H3. The van der Waals surface area contributed by atoms with Crippen LogP contribution in [0, 0.1) is 0 Å². The van der Waals surface area contributed by atoms with Gasteiger partial charge in [-0.1, -0.05) is 5.16 Å². The van der Waals surface area contributed by atoms with Gasteiger partial charge in [-0.25, -0.2) is 8.78 Å². The SMILES string of the molecule is CN1C2CCC1CC(c1noc(CC(O)C(F)F)n1)C2. The maximum Gasteiger partial charge on any atom is 0.264 e. The molecule has 3 heterocycles. The van der Waals surface area contributed by atoms with Gasteiger partial charge in [0.25, 0.3) is 6.43 Å². The molecule has 1 aromatic heterocycles. The lowest BCUT2D eigenvalue weighted by atomic mass is 9.90. The summed E-state index contributed by atoms with van der Waals surface area (Å²) in [7, 11) is 2.15. The van der Waals surface area contributed by atoms with Gasteiger partial charge in [-0.3, -0.25) is 0 Å². The zero-order chi connectivity index (χ0) is 14.3. The Morgan fingerprint density at radius 1 is 1.35 bits per heavy atom. The van der Waals surface area contributed by atoms with Crippen LogP contribution < -0.4 is 0 Å². The molecule has 0 saturated carbocycles. The first-order valence-electron chi connectivity index (χ1n) is 7.05. The molecule has 7 heteroatoms. The molecule has 2 bridgehead atoms. The second-order valence-electron chi connectivity index (χ2n) is 5.87. The lowest BCUT2D eigenvalue weighted by Gasteiger charge is -2.34. The number of alkyl halides is 2. The smallest absolute Gasteiger partial charge is 0.264 e. The second kappa shape index (κ2) is 5.37. The van der Waals surface area contributed by atoms with Crippen LogP contribution in [0.2, 0.25) is 0 Å². The zero-order valence-electron chi connectivity index (χ0n) is 11.4. The molecule has 3 atom stereocenters. The van der Waals surface area contributed by atoms with Crippen LogP contribution in [0.5, 0.6) is 0 Å². The minimum Gasteiger partial charge on any atom is -0.387 e. The minimum absolute atomic E-state index is 0.0964. The summed E-state index contributed by atoms with van der Waals surface area (Å²) < 4.78 is 29.6. The van der Waals surface area contributed by atoms with Crippen molar-refractivity contribution in [2.45, 2.75) is 62.6 Å². The first-order valence-corrected chi connectivity index (χ1v) is 7.05. The van der Waals surface area contributed by atoms with Gasteiger partial charge in [-0.15, -0.1) is 0 Å². The number of aliphatic hydroxyl groups is 1. The molecule has 2 saturated heterocycles. The average molecular weight is 287 g/mol. The van der Waals surface area contributed by atoms with Gasteiger partial charge in [0, 0.05) is 18.0 Å². The fourth-order valence-electron chi connectivity index (χ4n) is 3.41. The van der Waals surface area contributed by atoms with Crippen molar-refractivity contribution in [3.8, 4) is 0 Å². The van der Waals surface area contributed by atoms with Crippen molar-refractivity contribution in [3.63, 3.8) is 0 Å². The Balaban J connectivity index is 1.65. The van der Waals surface area contributed by atoms with Crippen molar-refractivity contribution < 1.29 is 18.4 Å². The molecule has 112 valence electrons. The molecule has 5 nitrogen and oxygen atoms in total. The van der Waals surface area contributed by atoms with E-state index < -0.39 is 12.5 Å². The largest absolute Gasteiger partial charge is 0.387 e. The number of piperidine rings is 1. The number of aromatic nitrogens is 2. The average Bonchev–Trinajstić information content (AvgIpc) is 2.92. The van der Waals surface area contributed by atoms with Crippen LogP contribution in [0.1, 0.15) is 43.3 Å². The molecule has 0 amide bonds. The van der Waals surface area contributed by atoms with Crippen LogP contribution in [0.4, 0.5) is 8.78 Å². The minimum atomic E-state index is -2.79. The van der Waals surface area contributed by atoms with Gasteiger partial charge in [0.15, 0.2) is 5.82 Å². The molecule has 2 aliphatic rings. The fraction of sp³-hybridized carbons (Fsp3) is 0.846. The van der Waals surface area contributed by atoms with Gasteiger partial charge in [0.1, 0.15) is 6.10 Å². The highest BCUT2D eigenvalue weighted by molar-refractivity contribution is 5.05. The number of aliphatic hydroxyl groups excluding tert-OH is 1. The third-order valence-electron chi connectivity index (χ3n) is 4.62. The summed E-state index contributed by atoms with van der Waals surface area (Å²) in [6, 6.07) is 1.12. The van der Waals surface area contributed by atoms with E-state index in [2.05, 4.69) is 22.1 Å². The van der Waals surface area contributed by atoms with E-state index in [1.54, 1.807) is 0 Å². The normalized spacial score (nSPS) is 31.9. The molecular formula is C13H19F2N3O2. The number of hydrogen-bond acceptors (Lipinski definition) is 5. The predicted octanol–water partition coefficient (Wildman–Crippen LogP) is 1.58. The zero-order valence-corrected chi connectivity index (χ0v) is 11.4. The third-order valence-corrected chi connectivity index (χ3v) is 4.62. The lowest BCUT2D eigenvalue weighted by Crippen LogP contribution is -2.39. The van der Waals surface area contributed by atoms with E-state index >= 15 is 0 Å². The van der Waals surface area contributed by atoms with Crippen molar-refractivity contribution in [2.24, 2.45) is 0 Å². The highest BCUT2D eigenvalue weighted by Gasteiger charge is 2.40. The summed E-state index contributed by atoms with van der Waals surface area (Å²) >= 11 is 0.